The van der Waals surface area contributed by atoms with Crippen molar-refractivity contribution in [1.82, 2.24) is 5.32 Å². The molecule has 110 valence electrons. The van der Waals surface area contributed by atoms with E-state index in [9.17, 15) is 5.11 Å². The van der Waals surface area contributed by atoms with Gasteiger partial charge in [-0.05, 0) is 54.5 Å². The van der Waals surface area contributed by atoms with Crippen molar-refractivity contribution in [2.45, 2.75) is 44.7 Å². The maximum absolute atomic E-state index is 9.63. The third-order valence-corrected chi connectivity index (χ3v) is 4.61. The first kappa shape index (κ1) is 14.2. The molecule has 0 aromatic heterocycles. The molecule has 0 saturated heterocycles. The van der Waals surface area contributed by atoms with Gasteiger partial charge in [0.15, 0.2) is 0 Å². The summed E-state index contributed by atoms with van der Waals surface area (Å²) in [7, 11) is 0. The summed E-state index contributed by atoms with van der Waals surface area (Å²) in [6, 6.07) is 16.9. The fourth-order valence-electron chi connectivity index (χ4n) is 3.37. The number of aromatic hydroxyl groups is 1. The molecule has 0 aliphatic heterocycles. The summed E-state index contributed by atoms with van der Waals surface area (Å²) in [5.41, 5.74) is 4.04. The highest BCUT2D eigenvalue weighted by Crippen LogP contribution is 2.38. The molecule has 3 unspecified atom stereocenters. The number of nitrogens with one attached hydrogen (secondary N) is 1. The van der Waals surface area contributed by atoms with Crippen molar-refractivity contribution in [3.8, 4) is 5.75 Å². The number of hydrogen-bond acceptors (Lipinski definition) is 2. The predicted molar refractivity (Wildman–Crippen MR) is 86.5 cm³/mol. The van der Waals surface area contributed by atoms with Crippen LogP contribution < -0.4 is 5.32 Å². The molecule has 2 aromatic rings. The van der Waals surface area contributed by atoms with E-state index in [1.165, 1.54) is 24.0 Å². The molecule has 1 aliphatic carbocycles. The number of fused-ring (bicyclic) bond motifs is 1. The van der Waals surface area contributed by atoms with Crippen molar-refractivity contribution in [3.63, 3.8) is 0 Å². The Labute approximate surface area is 126 Å². The Morgan fingerprint density at radius 1 is 1.05 bits per heavy atom. The summed E-state index contributed by atoms with van der Waals surface area (Å²) in [4.78, 5) is 0. The molecule has 0 heterocycles. The second-order valence-corrected chi connectivity index (χ2v) is 6.14. The Kier molecular flexibility index (Phi) is 3.98. The quantitative estimate of drug-likeness (QED) is 0.856. The van der Waals surface area contributed by atoms with Crippen LogP contribution in [-0.2, 0) is 0 Å². The highest BCUT2D eigenvalue weighted by molar-refractivity contribution is 5.35. The van der Waals surface area contributed by atoms with E-state index in [1.807, 2.05) is 12.1 Å². The maximum Gasteiger partial charge on any atom is 0.115 e. The van der Waals surface area contributed by atoms with Gasteiger partial charge >= 0.3 is 0 Å². The highest BCUT2D eigenvalue weighted by Gasteiger charge is 2.25. The van der Waals surface area contributed by atoms with Crippen molar-refractivity contribution in [3.05, 3.63) is 65.2 Å². The highest BCUT2D eigenvalue weighted by atomic mass is 16.3. The minimum absolute atomic E-state index is 0.226. The van der Waals surface area contributed by atoms with E-state index in [1.54, 1.807) is 6.07 Å². The monoisotopic (exact) mass is 281 g/mol. The van der Waals surface area contributed by atoms with Crippen LogP contribution in [0.25, 0.3) is 0 Å². The van der Waals surface area contributed by atoms with Gasteiger partial charge in [-0.1, -0.05) is 43.3 Å². The van der Waals surface area contributed by atoms with E-state index in [0.29, 0.717) is 17.7 Å². The molecule has 3 atom stereocenters. The van der Waals surface area contributed by atoms with Crippen LogP contribution in [-0.4, -0.2) is 5.11 Å². The molecule has 1 aliphatic rings. The summed E-state index contributed by atoms with van der Waals surface area (Å²) >= 11 is 0. The lowest BCUT2D eigenvalue weighted by molar-refractivity contribution is 0.395. The average molecular weight is 281 g/mol. The van der Waals surface area contributed by atoms with E-state index in [4.69, 9.17) is 0 Å². The van der Waals surface area contributed by atoms with Crippen LogP contribution in [0.2, 0.25) is 0 Å². The zero-order chi connectivity index (χ0) is 14.8. The second-order valence-electron chi connectivity index (χ2n) is 6.14. The minimum atomic E-state index is 0.226. The molecule has 3 rings (SSSR count). The molecule has 2 heteroatoms. The Morgan fingerprint density at radius 2 is 1.81 bits per heavy atom. The van der Waals surface area contributed by atoms with Gasteiger partial charge in [0.05, 0.1) is 0 Å². The van der Waals surface area contributed by atoms with Crippen LogP contribution >= 0.6 is 0 Å². The molecule has 2 aromatic carbocycles. The summed E-state index contributed by atoms with van der Waals surface area (Å²) < 4.78 is 0. The molecule has 2 nitrogen and oxygen atoms in total. The molecule has 0 radical (unpaired) electrons. The van der Waals surface area contributed by atoms with Gasteiger partial charge in [0.1, 0.15) is 5.75 Å². The van der Waals surface area contributed by atoms with Gasteiger partial charge in [0, 0.05) is 12.1 Å². The maximum atomic E-state index is 9.63. The summed E-state index contributed by atoms with van der Waals surface area (Å²) in [5.74, 6) is 0.981. The van der Waals surface area contributed by atoms with E-state index in [2.05, 4.69) is 49.5 Å². The first-order chi connectivity index (χ1) is 10.1. The fraction of sp³-hybridized carbons (Fsp3) is 0.368. The van der Waals surface area contributed by atoms with Crippen molar-refractivity contribution < 1.29 is 5.11 Å². The molecule has 0 bridgehead atoms. The summed E-state index contributed by atoms with van der Waals surface area (Å²) in [6.45, 7) is 4.48. The first-order valence-electron chi connectivity index (χ1n) is 7.79. The molecule has 0 saturated carbocycles. The Morgan fingerprint density at radius 3 is 2.57 bits per heavy atom. The first-order valence-corrected chi connectivity index (χ1v) is 7.79. The van der Waals surface area contributed by atoms with Crippen LogP contribution in [0.3, 0.4) is 0 Å². The van der Waals surface area contributed by atoms with Crippen LogP contribution in [0.5, 0.6) is 5.75 Å². The summed E-state index contributed by atoms with van der Waals surface area (Å²) in [6.07, 6.45) is 2.39. The normalized spacial score (nSPS) is 22.6. The molecule has 21 heavy (non-hydrogen) atoms. The lowest BCUT2D eigenvalue weighted by Gasteiger charge is -2.32. The zero-order valence-corrected chi connectivity index (χ0v) is 12.7. The van der Waals surface area contributed by atoms with Crippen LogP contribution in [0.1, 0.15) is 61.4 Å². The zero-order valence-electron chi connectivity index (χ0n) is 12.7. The van der Waals surface area contributed by atoms with Gasteiger partial charge in [-0.15, -0.1) is 0 Å². The number of hydrogen-bond donors (Lipinski definition) is 2. The van der Waals surface area contributed by atoms with Crippen molar-refractivity contribution in [2.24, 2.45) is 0 Å². The summed E-state index contributed by atoms with van der Waals surface area (Å²) in [5, 5.41) is 13.4. The van der Waals surface area contributed by atoms with E-state index in [-0.39, 0.29) is 6.04 Å². The van der Waals surface area contributed by atoms with Crippen LogP contribution in [0.4, 0.5) is 0 Å². The smallest absolute Gasteiger partial charge is 0.115 e. The van der Waals surface area contributed by atoms with Gasteiger partial charge in [-0.25, -0.2) is 0 Å². The lowest BCUT2D eigenvalue weighted by Crippen LogP contribution is -2.28. The second kappa shape index (κ2) is 5.90. The number of rotatable bonds is 3. The van der Waals surface area contributed by atoms with Crippen LogP contribution in [0.15, 0.2) is 48.5 Å². The Bertz CT molecular complexity index is 622. The third kappa shape index (κ3) is 2.96. The third-order valence-electron chi connectivity index (χ3n) is 4.61. The van der Waals surface area contributed by atoms with Crippen molar-refractivity contribution in [2.75, 3.05) is 0 Å². The minimum Gasteiger partial charge on any atom is -0.508 e. The standard InChI is InChI=1S/C19H23NO/c1-13-10-11-19(18-9-4-3-8-17(13)18)20-14(2)15-6-5-7-16(21)12-15/h3-9,12-14,19-21H,10-11H2,1-2H3. The Balaban J connectivity index is 1.81. The van der Waals surface area contributed by atoms with Crippen molar-refractivity contribution in [1.29, 1.82) is 0 Å². The molecule has 0 spiro atoms. The van der Waals surface area contributed by atoms with Gasteiger partial charge < -0.3 is 10.4 Å². The topological polar surface area (TPSA) is 32.3 Å². The molecule has 0 amide bonds. The number of benzene rings is 2. The molecule has 0 fully saturated rings. The van der Waals surface area contributed by atoms with Gasteiger partial charge in [0.25, 0.3) is 0 Å². The SMILES string of the molecule is CC1CCC(NC(C)c2cccc(O)c2)c2ccccc21. The molecular weight excluding hydrogens is 258 g/mol. The van der Waals surface area contributed by atoms with Gasteiger partial charge in [0.2, 0.25) is 0 Å². The fourth-order valence-corrected chi connectivity index (χ4v) is 3.37. The number of phenolic OH excluding ortho intramolecular Hbond substituents is 1. The molecule has 2 N–H and O–H groups in total. The van der Waals surface area contributed by atoms with E-state index >= 15 is 0 Å². The van der Waals surface area contributed by atoms with Gasteiger partial charge in [-0.3, -0.25) is 0 Å². The van der Waals surface area contributed by atoms with Gasteiger partial charge in [-0.2, -0.15) is 0 Å². The van der Waals surface area contributed by atoms with Crippen molar-refractivity contribution >= 4 is 0 Å². The Hall–Kier alpha value is -1.80. The average Bonchev–Trinajstić information content (AvgIpc) is 2.50. The number of phenols is 1. The largest absolute Gasteiger partial charge is 0.508 e. The lowest BCUT2D eigenvalue weighted by atomic mass is 9.80. The van der Waals surface area contributed by atoms with E-state index in [0.717, 1.165) is 5.56 Å². The van der Waals surface area contributed by atoms with Crippen LogP contribution in [0, 0.1) is 0 Å². The molecular formula is C19H23NO. The van der Waals surface area contributed by atoms with E-state index < -0.39 is 0 Å². The predicted octanol–water partition coefficient (Wildman–Crippen LogP) is 4.68.